The van der Waals surface area contributed by atoms with Crippen molar-refractivity contribution in [3.8, 4) is 17.2 Å². The van der Waals surface area contributed by atoms with Gasteiger partial charge in [-0.25, -0.2) is 0 Å². The minimum Gasteiger partial charge on any atom is -0.493 e. The molecule has 1 aliphatic heterocycles. The van der Waals surface area contributed by atoms with Gasteiger partial charge in [0.05, 0.1) is 32.9 Å². The van der Waals surface area contributed by atoms with E-state index in [2.05, 4.69) is 10.2 Å². The van der Waals surface area contributed by atoms with Crippen LogP contribution in [0, 0.1) is 0 Å². The number of esters is 1. The van der Waals surface area contributed by atoms with Gasteiger partial charge in [-0.15, -0.1) is 10.2 Å². The van der Waals surface area contributed by atoms with Crippen molar-refractivity contribution in [1.82, 2.24) is 14.8 Å². The Hall–Kier alpha value is -3.10. The summed E-state index contributed by atoms with van der Waals surface area (Å²) < 4.78 is 25.2. The predicted octanol–water partition coefficient (Wildman–Crippen LogP) is 4.93. The molecule has 5 rings (SSSR count). The topological polar surface area (TPSA) is 84.7 Å². The molecule has 0 unspecified atom stereocenters. The maximum absolute atomic E-state index is 12.6. The summed E-state index contributed by atoms with van der Waals surface area (Å²) in [5.74, 6) is 2.54. The molecule has 0 saturated heterocycles. The first-order chi connectivity index (χ1) is 16.5. The van der Waals surface area contributed by atoms with E-state index in [1.807, 2.05) is 41.0 Å². The Morgan fingerprint density at radius 3 is 2.62 bits per heavy atom. The Morgan fingerprint density at radius 2 is 1.91 bits per heavy atom. The molecule has 1 aromatic heterocycles. The Balaban J connectivity index is 1.72. The number of nitrogens with zero attached hydrogens (tertiary/aromatic N) is 3. The Morgan fingerprint density at radius 1 is 1.12 bits per heavy atom. The molecule has 2 aromatic carbocycles. The van der Waals surface area contributed by atoms with Crippen LogP contribution in [-0.2, 0) is 14.3 Å². The zero-order valence-corrected chi connectivity index (χ0v) is 20.0. The number of aromatic nitrogens is 3. The van der Waals surface area contributed by atoms with E-state index in [0.717, 1.165) is 35.5 Å². The second kappa shape index (κ2) is 9.27. The zero-order valence-electron chi connectivity index (χ0n) is 19.3. The third-order valence-electron chi connectivity index (χ3n) is 6.13. The summed E-state index contributed by atoms with van der Waals surface area (Å²) in [6.45, 7) is 2.07. The Bertz CT molecular complexity index is 1220. The first-order valence-corrected chi connectivity index (χ1v) is 11.7. The summed E-state index contributed by atoms with van der Waals surface area (Å²) in [4.78, 5) is 12.6. The lowest BCUT2D eigenvalue weighted by molar-refractivity contribution is -0.147. The highest BCUT2D eigenvalue weighted by Crippen LogP contribution is 2.48. The highest BCUT2D eigenvalue weighted by Gasteiger charge is 2.39. The molecule has 178 valence electrons. The molecule has 34 heavy (non-hydrogen) atoms. The van der Waals surface area contributed by atoms with E-state index in [1.54, 1.807) is 21.1 Å². The first kappa shape index (κ1) is 22.7. The molecule has 3 aromatic rings. The molecule has 0 N–H and O–H groups in total. The second-order valence-corrected chi connectivity index (χ2v) is 8.76. The summed E-state index contributed by atoms with van der Waals surface area (Å²) in [5, 5.41) is 9.55. The summed E-state index contributed by atoms with van der Waals surface area (Å²) in [6.07, 6.45) is 0.814. The van der Waals surface area contributed by atoms with Crippen molar-refractivity contribution < 1.29 is 23.7 Å². The van der Waals surface area contributed by atoms with Gasteiger partial charge in [-0.05, 0) is 44.0 Å². The quantitative estimate of drug-likeness (QED) is 0.440. The highest BCUT2D eigenvalue weighted by atomic mass is 35.5. The smallest absolute Gasteiger partial charge is 0.308 e. The second-order valence-electron chi connectivity index (χ2n) is 8.33. The van der Waals surface area contributed by atoms with Gasteiger partial charge in [0.2, 0.25) is 0 Å². The number of carbonyl (C=O) groups excluding carboxylic acids is 1. The van der Waals surface area contributed by atoms with Crippen molar-refractivity contribution in [3.63, 3.8) is 0 Å². The van der Waals surface area contributed by atoms with Gasteiger partial charge in [0.1, 0.15) is 18.0 Å². The summed E-state index contributed by atoms with van der Waals surface area (Å²) in [7, 11) is 3.18. The highest BCUT2D eigenvalue weighted by molar-refractivity contribution is 6.30. The van der Waals surface area contributed by atoms with Crippen molar-refractivity contribution in [2.45, 2.75) is 44.3 Å². The van der Waals surface area contributed by atoms with Gasteiger partial charge in [-0.3, -0.25) is 9.36 Å². The van der Waals surface area contributed by atoms with Crippen molar-refractivity contribution in [2.24, 2.45) is 0 Å². The Kier molecular flexibility index (Phi) is 6.18. The summed E-state index contributed by atoms with van der Waals surface area (Å²) >= 11 is 6.47. The van der Waals surface area contributed by atoms with Crippen LogP contribution in [0.15, 0.2) is 36.4 Å². The maximum atomic E-state index is 12.6. The SMILES string of the molecule is CCOC(=O)C[C@@H]1O[C@@H](c2cccc(OC)c2OC)c2cc(Cl)ccc2-n2c(C3CC3)nnc21. The maximum Gasteiger partial charge on any atom is 0.308 e. The molecule has 0 spiro atoms. The Labute approximate surface area is 202 Å². The third kappa shape index (κ3) is 4.01. The summed E-state index contributed by atoms with van der Waals surface area (Å²) in [5.41, 5.74) is 2.45. The zero-order chi connectivity index (χ0) is 23.8. The number of fused-ring (bicyclic) bond motifs is 3. The van der Waals surface area contributed by atoms with Crippen LogP contribution < -0.4 is 9.47 Å². The molecule has 2 aliphatic rings. The van der Waals surface area contributed by atoms with Crippen LogP contribution in [0.4, 0.5) is 0 Å². The molecule has 2 heterocycles. The van der Waals surface area contributed by atoms with Crippen molar-refractivity contribution in [3.05, 3.63) is 64.2 Å². The average molecular weight is 484 g/mol. The van der Waals surface area contributed by atoms with Crippen LogP contribution in [0.5, 0.6) is 11.5 Å². The van der Waals surface area contributed by atoms with E-state index in [0.29, 0.717) is 28.3 Å². The van der Waals surface area contributed by atoms with Gasteiger partial charge < -0.3 is 18.9 Å². The van der Waals surface area contributed by atoms with Gasteiger partial charge in [0.15, 0.2) is 17.3 Å². The van der Waals surface area contributed by atoms with E-state index in [-0.39, 0.29) is 19.0 Å². The monoisotopic (exact) mass is 483 g/mol. The number of carbonyl (C=O) groups is 1. The predicted molar refractivity (Wildman–Crippen MR) is 125 cm³/mol. The molecule has 1 aliphatic carbocycles. The fraction of sp³-hybridized carbons (Fsp3) is 0.400. The molecule has 1 fully saturated rings. The lowest BCUT2D eigenvalue weighted by atomic mass is 9.98. The van der Waals surface area contributed by atoms with Crippen LogP contribution in [0.1, 0.15) is 67.1 Å². The van der Waals surface area contributed by atoms with Crippen LogP contribution in [0.25, 0.3) is 5.69 Å². The number of rotatable bonds is 7. The number of benzene rings is 2. The molecule has 9 heteroatoms. The molecule has 8 nitrogen and oxygen atoms in total. The molecular formula is C25H26ClN3O5. The number of hydrogen-bond donors (Lipinski definition) is 0. The van der Waals surface area contributed by atoms with Gasteiger partial charge in [0, 0.05) is 22.1 Å². The first-order valence-electron chi connectivity index (χ1n) is 11.3. The van der Waals surface area contributed by atoms with Crippen molar-refractivity contribution in [1.29, 1.82) is 0 Å². The number of para-hydroxylation sites is 1. The normalized spacial score (nSPS) is 19.1. The van der Waals surface area contributed by atoms with Crippen LogP contribution >= 0.6 is 11.6 Å². The minimum atomic E-state index is -0.689. The number of hydrogen-bond acceptors (Lipinski definition) is 7. The fourth-order valence-corrected chi connectivity index (χ4v) is 4.66. The number of ether oxygens (including phenoxy) is 4. The summed E-state index contributed by atoms with van der Waals surface area (Å²) in [6, 6.07) is 11.3. The van der Waals surface area contributed by atoms with Crippen molar-refractivity contribution >= 4 is 17.6 Å². The molecule has 0 bridgehead atoms. The molecule has 1 saturated carbocycles. The minimum absolute atomic E-state index is 0.00114. The fourth-order valence-electron chi connectivity index (χ4n) is 4.48. The molecule has 0 amide bonds. The number of halogens is 1. The van der Waals surface area contributed by atoms with E-state index >= 15 is 0 Å². The van der Waals surface area contributed by atoms with E-state index < -0.39 is 12.2 Å². The van der Waals surface area contributed by atoms with Crippen LogP contribution in [0.3, 0.4) is 0 Å². The average Bonchev–Trinajstić information content (AvgIpc) is 3.61. The van der Waals surface area contributed by atoms with Gasteiger partial charge >= 0.3 is 5.97 Å². The number of methoxy groups -OCH3 is 2. The lowest BCUT2D eigenvalue weighted by Crippen LogP contribution is -2.17. The molecular weight excluding hydrogens is 458 g/mol. The largest absolute Gasteiger partial charge is 0.493 e. The molecule has 2 atom stereocenters. The van der Waals surface area contributed by atoms with Crippen LogP contribution in [0.2, 0.25) is 5.02 Å². The van der Waals surface area contributed by atoms with Gasteiger partial charge in [-0.1, -0.05) is 23.7 Å². The van der Waals surface area contributed by atoms with E-state index in [9.17, 15) is 4.79 Å². The third-order valence-corrected chi connectivity index (χ3v) is 6.37. The molecule has 0 radical (unpaired) electrons. The van der Waals surface area contributed by atoms with E-state index in [1.165, 1.54) is 0 Å². The van der Waals surface area contributed by atoms with Gasteiger partial charge in [-0.2, -0.15) is 0 Å². The van der Waals surface area contributed by atoms with Gasteiger partial charge in [0.25, 0.3) is 0 Å². The standard InChI is InChI=1S/C25H26ClN3O5/c1-4-33-21(30)13-20-25-28-27-24(14-8-9-14)29(25)18-11-10-15(26)12-17(18)22(34-20)16-6-5-7-19(31-2)23(16)32-3/h5-7,10-12,14,20,22H,4,8-9,13H2,1-3H3/t20-,22-/m0/s1. The lowest BCUT2D eigenvalue weighted by Gasteiger charge is -2.24. The van der Waals surface area contributed by atoms with E-state index in [4.69, 9.17) is 30.5 Å². The van der Waals surface area contributed by atoms with Crippen molar-refractivity contribution in [2.75, 3.05) is 20.8 Å². The van der Waals surface area contributed by atoms with Crippen LogP contribution in [-0.4, -0.2) is 41.6 Å².